The number of fused-ring (bicyclic) bond motifs is 1. The van der Waals surface area contributed by atoms with Crippen molar-refractivity contribution in [3.05, 3.63) is 35.0 Å². The predicted molar refractivity (Wildman–Crippen MR) is 103 cm³/mol. The largest absolute Gasteiger partial charge is 0.493 e. The maximum Gasteiger partial charge on any atom is 0.161 e. The number of carbonyl (C=O) groups excluding carboxylic acids is 1. The highest BCUT2D eigenvalue weighted by Crippen LogP contribution is 2.52. The summed E-state index contributed by atoms with van der Waals surface area (Å²) in [6.45, 7) is 8.04. The average Bonchev–Trinajstić information content (AvgIpc) is 2.90. The van der Waals surface area contributed by atoms with Gasteiger partial charge in [0.05, 0.1) is 22.3 Å². The van der Waals surface area contributed by atoms with E-state index < -0.39 is 8.07 Å². The Hall–Kier alpha value is -1.59. The Morgan fingerprint density at radius 3 is 2.44 bits per heavy atom. The summed E-state index contributed by atoms with van der Waals surface area (Å²) >= 11 is 0. The van der Waals surface area contributed by atoms with Crippen molar-refractivity contribution in [1.82, 2.24) is 4.90 Å². The van der Waals surface area contributed by atoms with Crippen LogP contribution in [0, 0.1) is 0 Å². The highest BCUT2D eigenvalue weighted by atomic mass is 28.3. The lowest BCUT2D eigenvalue weighted by Crippen LogP contribution is -2.52. The van der Waals surface area contributed by atoms with E-state index in [2.05, 4.69) is 43.7 Å². The Kier molecular flexibility index (Phi) is 4.58. The smallest absolute Gasteiger partial charge is 0.161 e. The fourth-order valence-electron chi connectivity index (χ4n) is 4.73. The molecular formula is C20H29NO3Si. The number of allylic oxidation sites excluding steroid dienone is 1. The number of hydrogen-bond acceptors (Lipinski definition) is 4. The van der Waals surface area contributed by atoms with E-state index in [0.717, 1.165) is 24.5 Å². The fraction of sp³-hybridized carbons (Fsp3) is 0.550. The van der Waals surface area contributed by atoms with Crippen LogP contribution in [0.3, 0.4) is 0 Å². The molecule has 0 saturated carbocycles. The number of rotatable bonds is 4. The molecular weight excluding hydrogens is 330 g/mol. The van der Waals surface area contributed by atoms with E-state index in [9.17, 15) is 4.79 Å². The minimum atomic E-state index is -1.68. The van der Waals surface area contributed by atoms with Crippen molar-refractivity contribution in [2.24, 2.45) is 0 Å². The van der Waals surface area contributed by atoms with E-state index in [4.69, 9.17) is 9.47 Å². The molecule has 136 valence electrons. The summed E-state index contributed by atoms with van der Waals surface area (Å²) in [5.74, 6) is 1.78. The zero-order valence-corrected chi connectivity index (χ0v) is 17.2. The molecule has 0 aromatic heterocycles. The molecule has 1 aliphatic carbocycles. The first-order chi connectivity index (χ1) is 11.7. The second-order valence-corrected chi connectivity index (χ2v) is 13.3. The second-order valence-electron chi connectivity index (χ2n) is 8.27. The van der Waals surface area contributed by atoms with E-state index >= 15 is 0 Å². The van der Waals surface area contributed by atoms with Crippen molar-refractivity contribution in [3.8, 4) is 11.5 Å². The van der Waals surface area contributed by atoms with E-state index in [-0.39, 0.29) is 17.2 Å². The van der Waals surface area contributed by atoms with Gasteiger partial charge in [0, 0.05) is 17.9 Å². The lowest BCUT2D eigenvalue weighted by Gasteiger charge is -2.46. The zero-order valence-electron chi connectivity index (χ0n) is 16.2. The molecule has 4 nitrogen and oxygen atoms in total. The Morgan fingerprint density at radius 1 is 1.16 bits per heavy atom. The first-order valence-corrected chi connectivity index (χ1v) is 12.4. The van der Waals surface area contributed by atoms with E-state index in [0.29, 0.717) is 6.42 Å². The maximum absolute atomic E-state index is 12.5. The fourth-order valence-corrected chi connectivity index (χ4v) is 7.09. The zero-order chi connectivity index (χ0) is 18.4. The molecule has 1 aliphatic heterocycles. The number of methoxy groups -OCH3 is 2. The third-order valence-electron chi connectivity index (χ3n) is 5.85. The van der Waals surface area contributed by atoms with E-state index in [1.807, 2.05) is 12.1 Å². The normalized spacial score (nSPS) is 27.0. The SMILES string of the molecule is COc1ccc(C23CCN(C)C2CC(=O)C=C3[Si](C)(C)C)cc1OC. The van der Waals surface area contributed by atoms with Crippen LogP contribution in [0.2, 0.25) is 19.6 Å². The van der Waals surface area contributed by atoms with Gasteiger partial charge in [-0.25, -0.2) is 0 Å². The first kappa shape index (κ1) is 18.2. The van der Waals surface area contributed by atoms with Crippen LogP contribution in [0.5, 0.6) is 11.5 Å². The lowest BCUT2D eigenvalue weighted by molar-refractivity contribution is -0.116. The van der Waals surface area contributed by atoms with Gasteiger partial charge in [0.25, 0.3) is 0 Å². The number of hydrogen-bond donors (Lipinski definition) is 0. The van der Waals surface area contributed by atoms with Crippen molar-refractivity contribution in [2.45, 2.75) is 43.9 Å². The monoisotopic (exact) mass is 359 g/mol. The van der Waals surface area contributed by atoms with E-state index in [1.165, 1.54) is 10.8 Å². The highest BCUT2D eigenvalue weighted by molar-refractivity contribution is 6.83. The summed E-state index contributed by atoms with van der Waals surface area (Å²) < 4.78 is 11.0. The third kappa shape index (κ3) is 2.83. The summed E-state index contributed by atoms with van der Waals surface area (Å²) in [5, 5.41) is 1.37. The molecule has 0 bridgehead atoms. The van der Waals surface area contributed by atoms with Crippen molar-refractivity contribution in [3.63, 3.8) is 0 Å². The Balaban J connectivity index is 2.24. The van der Waals surface area contributed by atoms with Crippen LogP contribution in [0.1, 0.15) is 18.4 Å². The topological polar surface area (TPSA) is 38.8 Å². The molecule has 0 N–H and O–H groups in total. The number of benzene rings is 1. The number of ether oxygens (including phenoxy) is 2. The molecule has 0 amide bonds. The summed E-state index contributed by atoms with van der Waals surface area (Å²) in [7, 11) is 3.81. The third-order valence-corrected chi connectivity index (χ3v) is 8.05. The van der Waals surface area contributed by atoms with Crippen LogP contribution in [-0.4, -0.2) is 52.6 Å². The van der Waals surface area contributed by atoms with Crippen LogP contribution >= 0.6 is 0 Å². The molecule has 1 aromatic carbocycles. The van der Waals surface area contributed by atoms with Crippen molar-refractivity contribution in [1.29, 1.82) is 0 Å². The van der Waals surface area contributed by atoms with Crippen LogP contribution < -0.4 is 9.47 Å². The Labute approximate surface area is 151 Å². The Morgan fingerprint density at radius 2 is 1.84 bits per heavy atom. The summed E-state index contributed by atoms with van der Waals surface area (Å²) in [6.07, 6.45) is 3.62. The van der Waals surface area contributed by atoms with Crippen LogP contribution in [0.15, 0.2) is 29.5 Å². The quantitative estimate of drug-likeness (QED) is 0.772. The van der Waals surface area contributed by atoms with Gasteiger partial charge in [-0.15, -0.1) is 0 Å². The van der Waals surface area contributed by atoms with Gasteiger partial charge in [0.15, 0.2) is 17.3 Å². The molecule has 2 aliphatic rings. The molecule has 0 spiro atoms. The van der Waals surface area contributed by atoms with E-state index in [1.54, 1.807) is 14.2 Å². The van der Waals surface area contributed by atoms with Gasteiger partial charge in [-0.1, -0.05) is 30.9 Å². The van der Waals surface area contributed by atoms with Crippen molar-refractivity contribution < 1.29 is 14.3 Å². The molecule has 0 radical (unpaired) electrons. The summed E-state index contributed by atoms with van der Waals surface area (Å²) in [6, 6.07) is 6.51. The number of nitrogens with zero attached hydrogens (tertiary/aromatic N) is 1. The standard InChI is InChI=1S/C20H29NO3Si/c1-21-10-9-20(14-7-8-16(23-2)17(11-14)24-3)18(21)12-15(22)13-19(20)25(4,5)6/h7-8,11,13,18H,9-10,12H2,1-6H3. The molecule has 1 fully saturated rings. The van der Waals surface area contributed by atoms with Gasteiger partial charge in [0.2, 0.25) is 0 Å². The van der Waals surface area contributed by atoms with Gasteiger partial charge in [-0.2, -0.15) is 0 Å². The summed E-state index contributed by atoms with van der Waals surface area (Å²) in [5.41, 5.74) is 1.16. The van der Waals surface area contributed by atoms with Crippen LogP contribution in [0.25, 0.3) is 0 Å². The van der Waals surface area contributed by atoms with Crippen LogP contribution in [0.4, 0.5) is 0 Å². The van der Waals surface area contributed by atoms with Crippen molar-refractivity contribution in [2.75, 3.05) is 27.8 Å². The molecule has 1 heterocycles. The number of carbonyl (C=O) groups is 1. The molecule has 25 heavy (non-hydrogen) atoms. The minimum Gasteiger partial charge on any atom is -0.493 e. The number of likely N-dealkylation sites (tertiary alicyclic amines) is 1. The highest BCUT2D eigenvalue weighted by Gasteiger charge is 2.55. The first-order valence-electron chi connectivity index (χ1n) is 8.92. The van der Waals surface area contributed by atoms with Gasteiger partial charge in [-0.05, 0) is 43.8 Å². The molecule has 3 rings (SSSR count). The minimum absolute atomic E-state index is 0.0906. The molecule has 1 aromatic rings. The number of likely N-dealkylation sites (N-methyl/N-ethyl adjacent to an activating group) is 1. The van der Waals surface area contributed by atoms with Gasteiger partial charge >= 0.3 is 0 Å². The van der Waals surface area contributed by atoms with Gasteiger partial charge in [-0.3, -0.25) is 4.79 Å². The average molecular weight is 360 g/mol. The van der Waals surface area contributed by atoms with Gasteiger partial charge < -0.3 is 14.4 Å². The van der Waals surface area contributed by atoms with Crippen molar-refractivity contribution >= 4 is 13.9 Å². The molecule has 2 unspecified atom stereocenters. The molecule has 5 heteroatoms. The second kappa shape index (κ2) is 6.29. The predicted octanol–water partition coefficient (Wildman–Crippen LogP) is 3.42. The lowest BCUT2D eigenvalue weighted by atomic mass is 9.69. The Bertz CT molecular complexity index is 722. The van der Waals surface area contributed by atoms with Crippen LogP contribution in [-0.2, 0) is 10.2 Å². The number of ketones is 1. The maximum atomic E-state index is 12.5. The molecule has 1 saturated heterocycles. The van der Waals surface area contributed by atoms with Gasteiger partial charge in [0.1, 0.15) is 0 Å². The summed E-state index contributed by atoms with van der Waals surface area (Å²) in [4.78, 5) is 14.8. The molecule has 2 atom stereocenters.